The topological polar surface area (TPSA) is 139 Å². The summed E-state index contributed by atoms with van der Waals surface area (Å²) in [5.41, 5.74) is 3.44. The van der Waals surface area contributed by atoms with Gasteiger partial charge in [-0.05, 0) is 109 Å². The number of carbonyl (C=O) groups excluding carboxylic acids is 2. The summed E-state index contributed by atoms with van der Waals surface area (Å²) in [4.78, 5) is 50.0. The van der Waals surface area contributed by atoms with Gasteiger partial charge in [0, 0.05) is 65.0 Å². The summed E-state index contributed by atoms with van der Waals surface area (Å²) in [5.74, 6) is 2.08. The first-order valence-corrected chi connectivity index (χ1v) is 31.5. The number of fused-ring (bicyclic) bond motifs is 1. The van der Waals surface area contributed by atoms with Gasteiger partial charge in [-0.3, -0.25) is 14.6 Å². The molecule has 362 valence electrons. The molecule has 2 unspecified atom stereocenters. The Labute approximate surface area is 399 Å². The van der Waals surface area contributed by atoms with E-state index >= 15 is 0 Å². The summed E-state index contributed by atoms with van der Waals surface area (Å²) in [6.07, 6.45) is 10.7. The predicted molar refractivity (Wildman–Crippen MR) is 270 cm³/mol. The second-order valence-electron chi connectivity index (χ2n) is 22.7. The minimum absolute atomic E-state index is 0.0438. The van der Waals surface area contributed by atoms with Gasteiger partial charge in [0.2, 0.25) is 0 Å². The first kappa shape index (κ1) is 50.1. The minimum Gasteiger partial charge on any atom is -0.459 e. The number of hydrogen-bond donors (Lipinski definition) is 0. The molecule has 0 aliphatic carbocycles. The van der Waals surface area contributed by atoms with Crippen LogP contribution < -0.4 is 0 Å². The molecule has 0 bridgehead atoms. The Bertz CT molecular complexity index is 2500. The van der Waals surface area contributed by atoms with Crippen LogP contribution in [0.5, 0.6) is 0 Å². The zero-order valence-corrected chi connectivity index (χ0v) is 44.1. The van der Waals surface area contributed by atoms with Gasteiger partial charge in [0.05, 0.1) is 42.4 Å². The molecule has 3 aromatic heterocycles. The maximum atomic E-state index is 13.4. The van der Waals surface area contributed by atoms with Crippen molar-refractivity contribution in [3.8, 4) is 33.9 Å². The zero-order valence-electron chi connectivity index (χ0n) is 42.1. The van der Waals surface area contributed by atoms with E-state index in [1.807, 2.05) is 71.2 Å². The van der Waals surface area contributed by atoms with Crippen molar-refractivity contribution in [2.24, 2.45) is 0 Å². The van der Waals surface area contributed by atoms with Crippen LogP contribution in [0.3, 0.4) is 0 Å². The number of ether oxygens (including phenoxy) is 4. The number of esters is 1. The SMILES string of the molecule is CC(C)(C)OC(=O)CN1CCCC1c1ncc(-c2cnc(-c3ccc4cc(-c5cnc(C6CCCN6C(=O)OC(C)(C)C)n5COCC[Si](C)(C)C)ccc4c3)nc2)n1COCC[Si](C)(C)C. The van der Waals surface area contributed by atoms with Gasteiger partial charge in [-0.25, -0.2) is 24.7 Å². The fourth-order valence-electron chi connectivity index (χ4n) is 8.69. The number of rotatable bonds is 17. The number of carbonyl (C=O) groups is 2. The second-order valence-corrected chi connectivity index (χ2v) is 33.9. The van der Waals surface area contributed by atoms with Crippen molar-refractivity contribution in [3.63, 3.8) is 0 Å². The number of likely N-dealkylation sites (tertiary alicyclic amines) is 2. The summed E-state index contributed by atoms with van der Waals surface area (Å²) in [6.45, 7) is 29.2. The van der Waals surface area contributed by atoms with Crippen LogP contribution in [0.2, 0.25) is 51.4 Å². The van der Waals surface area contributed by atoms with Crippen molar-refractivity contribution < 1.29 is 28.5 Å². The lowest BCUT2D eigenvalue weighted by Gasteiger charge is -2.29. The molecule has 7 rings (SSSR count). The lowest BCUT2D eigenvalue weighted by Crippen LogP contribution is -2.37. The van der Waals surface area contributed by atoms with E-state index < -0.39 is 27.3 Å². The van der Waals surface area contributed by atoms with Gasteiger partial charge in [-0.15, -0.1) is 0 Å². The Morgan fingerprint density at radius 2 is 1.13 bits per heavy atom. The van der Waals surface area contributed by atoms with E-state index in [4.69, 9.17) is 38.9 Å². The van der Waals surface area contributed by atoms with Crippen LogP contribution in [0.25, 0.3) is 44.7 Å². The summed E-state index contributed by atoms with van der Waals surface area (Å²) >= 11 is 0. The van der Waals surface area contributed by atoms with Crippen LogP contribution in [-0.2, 0) is 37.2 Å². The molecule has 0 saturated carbocycles. The number of amides is 1. The summed E-state index contributed by atoms with van der Waals surface area (Å²) in [7, 11) is -2.60. The minimum atomic E-state index is -1.30. The van der Waals surface area contributed by atoms with Crippen molar-refractivity contribution in [1.29, 1.82) is 0 Å². The van der Waals surface area contributed by atoms with Crippen LogP contribution in [0, 0.1) is 0 Å². The maximum absolute atomic E-state index is 13.4. The van der Waals surface area contributed by atoms with Crippen molar-refractivity contribution >= 4 is 39.0 Å². The summed E-state index contributed by atoms with van der Waals surface area (Å²) < 4.78 is 28.5. The maximum Gasteiger partial charge on any atom is 0.410 e. The lowest BCUT2D eigenvalue weighted by molar-refractivity contribution is -0.156. The molecule has 2 saturated heterocycles. The molecule has 67 heavy (non-hydrogen) atoms. The molecule has 2 atom stereocenters. The Morgan fingerprint density at radius 1 is 0.627 bits per heavy atom. The van der Waals surface area contributed by atoms with Crippen molar-refractivity contribution in [3.05, 3.63) is 72.8 Å². The Kier molecular flexibility index (Phi) is 15.3. The number of nitrogens with zero attached hydrogens (tertiary/aromatic N) is 8. The number of benzene rings is 2. The Balaban J connectivity index is 1.13. The first-order valence-electron chi connectivity index (χ1n) is 24.1. The van der Waals surface area contributed by atoms with Crippen molar-refractivity contribution in [2.75, 3.05) is 32.8 Å². The molecular weight excluding hydrogens is 877 g/mol. The lowest BCUT2D eigenvalue weighted by atomic mass is 10.0. The zero-order chi connectivity index (χ0) is 48.3. The smallest absolute Gasteiger partial charge is 0.410 e. The fraction of sp³-hybridized carbons (Fsp3) is 0.569. The van der Waals surface area contributed by atoms with Crippen LogP contribution in [0.1, 0.15) is 91.0 Å². The molecule has 2 aliphatic rings. The molecule has 1 amide bonds. The third kappa shape index (κ3) is 13.3. The molecule has 2 aromatic carbocycles. The van der Waals surface area contributed by atoms with Gasteiger partial charge in [0.15, 0.2) is 5.82 Å². The highest BCUT2D eigenvalue weighted by Gasteiger charge is 2.37. The van der Waals surface area contributed by atoms with Crippen LogP contribution in [-0.4, -0.2) is 111 Å². The summed E-state index contributed by atoms with van der Waals surface area (Å²) in [6, 6.07) is 14.6. The number of aromatic nitrogens is 6. The normalized spacial score (nSPS) is 17.5. The molecule has 2 aliphatic heterocycles. The van der Waals surface area contributed by atoms with Gasteiger partial charge in [-0.1, -0.05) is 63.5 Å². The Morgan fingerprint density at radius 3 is 1.70 bits per heavy atom. The van der Waals surface area contributed by atoms with E-state index in [9.17, 15) is 9.59 Å². The van der Waals surface area contributed by atoms with Gasteiger partial charge >= 0.3 is 12.1 Å². The first-order chi connectivity index (χ1) is 31.5. The third-order valence-electron chi connectivity index (χ3n) is 12.1. The number of hydrogen-bond acceptors (Lipinski definition) is 11. The van der Waals surface area contributed by atoms with Crippen LogP contribution in [0.4, 0.5) is 4.79 Å². The molecular formula is C51H74N8O6Si2. The average Bonchev–Trinajstić information content (AvgIpc) is 4.05. The van der Waals surface area contributed by atoms with E-state index in [0.717, 1.165) is 94.8 Å². The van der Waals surface area contributed by atoms with Crippen LogP contribution >= 0.6 is 0 Å². The highest BCUT2D eigenvalue weighted by molar-refractivity contribution is 6.76. The molecule has 0 spiro atoms. The van der Waals surface area contributed by atoms with Crippen LogP contribution in [0.15, 0.2) is 61.2 Å². The van der Waals surface area contributed by atoms with Gasteiger partial charge in [-0.2, -0.15) is 0 Å². The fourth-order valence-corrected chi connectivity index (χ4v) is 10.2. The molecule has 16 heteroatoms. The third-order valence-corrected chi connectivity index (χ3v) is 15.5. The summed E-state index contributed by atoms with van der Waals surface area (Å²) in [5, 5.41) is 2.13. The molecule has 0 N–H and O–H groups in total. The monoisotopic (exact) mass is 951 g/mol. The van der Waals surface area contributed by atoms with E-state index in [-0.39, 0.29) is 30.7 Å². The Hall–Kier alpha value is -4.75. The molecule has 5 aromatic rings. The molecule has 2 fully saturated rings. The standard InChI is InChI=1S/C51H74N8O6Si2/c1-50(2,3)64-45(60)33-56-21-13-15-41(56)47-54-32-44(59(47)35-63-24-26-67(10,11)12)40-29-52-46(53-30-40)39-20-18-36-27-38(19-17-37(36)28-39)43-31-55-48(58(43)34-62-23-25-66(7,8)9)42-16-14-22-57(42)49(61)65-51(4,5)6/h17-20,27-32,41-42H,13-16,21-26,33-35H2,1-12H3. The van der Waals surface area contributed by atoms with Gasteiger partial charge < -0.3 is 28.1 Å². The predicted octanol–water partition coefficient (Wildman–Crippen LogP) is 11.2. The van der Waals surface area contributed by atoms with E-state index in [0.29, 0.717) is 39.0 Å². The second kappa shape index (κ2) is 20.5. The molecule has 0 radical (unpaired) electrons. The van der Waals surface area contributed by atoms with E-state index in [1.165, 1.54) is 0 Å². The largest absolute Gasteiger partial charge is 0.459 e. The van der Waals surface area contributed by atoms with Crippen molar-refractivity contribution in [1.82, 2.24) is 38.9 Å². The molecule has 14 nitrogen and oxygen atoms in total. The highest BCUT2D eigenvalue weighted by atomic mass is 28.3. The molecule has 5 heterocycles. The quantitative estimate of drug-likeness (QED) is 0.0500. The van der Waals surface area contributed by atoms with Crippen molar-refractivity contribution in [2.45, 2.75) is 155 Å². The highest BCUT2D eigenvalue weighted by Crippen LogP contribution is 2.37. The van der Waals surface area contributed by atoms with E-state index in [1.54, 1.807) is 0 Å². The average molecular weight is 951 g/mol. The van der Waals surface area contributed by atoms with Gasteiger partial charge in [0.25, 0.3) is 0 Å². The van der Waals surface area contributed by atoms with E-state index in [2.05, 4.69) is 89.7 Å². The number of imidazole rings is 2. The van der Waals surface area contributed by atoms with Gasteiger partial charge in [0.1, 0.15) is 36.3 Å².